The molecule has 2 heterocycles. The maximum atomic E-state index is 12.6. The number of rotatable bonds is 7. The summed E-state index contributed by atoms with van der Waals surface area (Å²) < 4.78 is 10.9. The lowest BCUT2D eigenvalue weighted by Crippen LogP contribution is -2.54. The van der Waals surface area contributed by atoms with Gasteiger partial charge in [0, 0.05) is 6.42 Å². The molecular weight excluding hydrogens is 382 g/mol. The van der Waals surface area contributed by atoms with E-state index < -0.39 is 29.9 Å². The van der Waals surface area contributed by atoms with Gasteiger partial charge in [-0.15, -0.1) is 11.6 Å². The summed E-state index contributed by atoms with van der Waals surface area (Å²) in [6.45, 7) is 1.66. The second kappa shape index (κ2) is 8.88. The predicted molar refractivity (Wildman–Crippen MR) is 104 cm³/mol. The third-order valence-corrected chi connectivity index (χ3v) is 5.35. The number of carbonyl (C=O) groups is 3. The molecule has 28 heavy (non-hydrogen) atoms. The topological polar surface area (TPSA) is 72.9 Å². The summed E-state index contributed by atoms with van der Waals surface area (Å²) in [5, 5.41) is 0. The van der Waals surface area contributed by atoms with Crippen molar-refractivity contribution in [1.82, 2.24) is 4.90 Å². The number of halogens is 1. The number of ketones is 1. The van der Waals surface area contributed by atoms with E-state index in [1.54, 1.807) is 13.0 Å². The number of aryl methyl sites for hydroxylation is 1. The van der Waals surface area contributed by atoms with Crippen molar-refractivity contribution in [1.29, 1.82) is 0 Å². The fourth-order valence-corrected chi connectivity index (χ4v) is 3.64. The molecule has 2 aliphatic rings. The number of alkyl halides is 1. The molecule has 2 aliphatic heterocycles. The van der Waals surface area contributed by atoms with Crippen molar-refractivity contribution in [2.24, 2.45) is 0 Å². The first-order valence-corrected chi connectivity index (χ1v) is 9.99. The Balaban J connectivity index is 1.52. The van der Waals surface area contributed by atoms with Gasteiger partial charge in [0.15, 0.2) is 5.78 Å². The van der Waals surface area contributed by atoms with Crippen molar-refractivity contribution in [2.45, 2.75) is 57.0 Å². The van der Waals surface area contributed by atoms with Gasteiger partial charge in [0.2, 0.25) is 12.2 Å². The van der Waals surface area contributed by atoms with Crippen LogP contribution in [-0.2, 0) is 25.5 Å². The summed E-state index contributed by atoms with van der Waals surface area (Å²) >= 11 is 5.53. The molecule has 0 saturated carbocycles. The fourth-order valence-electron chi connectivity index (χ4n) is 3.51. The van der Waals surface area contributed by atoms with Crippen molar-refractivity contribution in [3.8, 4) is 0 Å². The highest BCUT2D eigenvalue weighted by Crippen LogP contribution is 2.35. The minimum atomic E-state index is -1.17. The number of nitrogens with zero attached hydrogens (tertiary/aromatic N) is 1. The fraction of sp³-hybridized carbons (Fsp3) is 0.476. The Morgan fingerprint density at radius 2 is 2.04 bits per heavy atom. The Morgan fingerprint density at radius 3 is 2.75 bits per heavy atom. The van der Waals surface area contributed by atoms with Gasteiger partial charge in [0.05, 0.1) is 0 Å². The number of hydrogen-bond donors (Lipinski definition) is 0. The zero-order chi connectivity index (χ0) is 20.1. The maximum absolute atomic E-state index is 12.6. The number of carbonyl (C=O) groups excluding carboxylic acids is 3. The minimum absolute atomic E-state index is 0.00607. The molecule has 2 fully saturated rings. The van der Waals surface area contributed by atoms with Crippen LogP contribution in [0.2, 0.25) is 0 Å². The van der Waals surface area contributed by atoms with Crippen LogP contribution in [0.25, 0.3) is 0 Å². The van der Waals surface area contributed by atoms with Crippen molar-refractivity contribution in [2.75, 3.05) is 5.88 Å². The van der Waals surface area contributed by atoms with E-state index in [0.717, 1.165) is 30.6 Å². The van der Waals surface area contributed by atoms with Gasteiger partial charge in [0.25, 0.3) is 0 Å². The highest BCUT2D eigenvalue weighted by atomic mass is 35.5. The van der Waals surface area contributed by atoms with Crippen molar-refractivity contribution in [3.05, 3.63) is 48.0 Å². The molecule has 7 heteroatoms. The SMILES string of the molecule is C[C@]1(/C=C\CCCCc2ccccc2)O[C@@H]2OC(=O)N(C(=O)CCl)[C@@H]2CC1=O. The van der Waals surface area contributed by atoms with Gasteiger partial charge in [-0.2, -0.15) is 0 Å². The summed E-state index contributed by atoms with van der Waals surface area (Å²) in [6.07, 6.45) is 5.78. The lowest BCUT2D eigenvalue weighted by atomic mass is 9.90. The van der Waals surface area contributed by atoms with E-state index in [9.17, 15) is 14.4 Å². The first kappa shape index (κ1) is 20.6. The number of amides is 2. The van der Waals surface area contributed by atoms with Crippen LogP contribution in [0.1, 0.15) is 38.2 Å². The molecule has 6 nitrogen and oxygen atoms in total. The average molecular weight is 406 g/mol. The van der Waals surface area contributed by atoms with Gasteiger partial charge in [0.1, 0.15) is 17.5 Å². The summed E-state index contributed by atoms with van der Waals surface area (Å²) in [5.74, 6) is -1.14. The van der Waals surface area contributed by atoms with Gasteiger partial charge in [-0.1, -0.05) is 36.4 Å². The van der Waals surface area contributed by atoms with Gasteiger partial charge in [-0.25, -0.2) is 9.69 Å². The second-order valence-corrected chi connectivity index (χ2v) is 7.47. The van der Waals surface area contributed by atoms with Gasteiger partial charge < -0.3 is 9.47 Å². The molecule has 2 saturated heterocycles. The second-order valence-electron chi connectivity index (χ2n) is 7.20. The molecule has 0 unspecified atom stereocenters. The first-order chi connectivity index (χ1) is 13.4. The van der Waals surface area contributed by atoms with E-state index in [0.29, 0.717) is 0 Å². The quantitative estimate of drug-likeness (QED) is 0.393. The Bertz CT molecular complexity index is 765. The molecular formula is C21H24ClNO5. The lowest BCUT2D eigenvalue weighted by molar-refractivity contribution is -0.190. The van der Waals surface area contributed by atoms with Gasteiger partial charge in [-0.3, -0.25) is 9.59 Å². The molecule has 0 radical (unpaired) electrons. The third-order valence-electron chi connectivity index (χ3n) is 5.12. The summed E-state index contributed by atoms with van der Waals surface area (Å²) in [4.78, 5) is 37.3. The monoisotopic (exact) mass is 405 g/mol. The van der Waals surface area contributed by atoms with Crippen LogP contribution < -0.4 is 0 Å². The van der Waals surface area contributed by atoms with Crippen LogP contribution in [0.4, 0.5) is 4.79 Å². The molecule has 3 atom stereocenters. The Kier molecular flexibility index (Phi) is 6.52. The molecule has 0 aromatic heterocycles. The largest absolute Gasteiger partial charge is 0.419 e. The summed E-state index contributed by atoms with van der Waals surface area (Å²) in [6, 6.07) is 9.55. The van der Waals surface area contributed by atoms with Crippen LogP contribution in [0.3, 0.4) is 0 Å². The molecule has 150 valence electrons. The summed E-state index contributed by atoms with van der Waals surface area (Å²) in [5.41, 5.74) is 0.148. The third kappa shape index (κ3) is 4.45. The van der Waals surface area contributed by atoms with Crippen molar-refractivity contribution in [3.63, 3.8) is 0 Å². The molecule has 2 amide bonds. The first-order valence-electron chi connectivity index (χ1n) is 9.46. The summed E-state index contributed by atoms with van der Waals surface area (Å²) in [7, 11) is 0. The number of benzene rings is 1. The highest BCUT2D eigenvalue weighted by molar-refractivity contribution is 6.28. The molecule has 0 spiro atoms. The van der Waals surface area contributed by atoms with Crippen LogP contribution in [-0.4, -0.2) is 46.5 Å². The highest BCUT2D eigenvalue weighted by Gasteiger charge is 2.54. The van der Waals surface area contributed by atoms with E-state index in [1.807, 2.05) is 24.3 Å². The lowest BCUT2D eigenvalue weighted by Gasteiger charge is -2.36. The van der Waals surface area contributed by atoms with E-state index in [4.69, 9.17) is 21.1 Å². The van der Waals surface area contributed by atoms with Crippen LogP contribution in [0.15, 0.2) is 42.5 Å². The van der Waals surface area contributed by atoms with E-state index in [1.165, 1.54) is 5.56 Å². The standard InChI is InChI=1S/C21H24ClNO5/c1-21(12-8-3-2-5-9-15-10-6-4-7-11-15)17(24)13-16-19(28-21)27-20(26)23(16)18(25)14-22/h4,6-8,10-12,16,19H,2-3,5,9,13-14H2,1H3/b12-8-/t16-,19+,21-/m1/s1. The number of ether oxygens (including phenoxy) is 2. The van der Waals surface area contributed by atoms with Crippen LogP contribution >= 0.6 is 11.6 Å². The normalized spacial score (nSPS) is 27.1. The molecule has 0 bridgehead atoms. The van der Waals surface area contributed by atoms with E-state index in [-0.39, 0.29) is 18.1 Å². The Hall–Kier alpha value is -2.18. The molecule has 3 rings (SSSR count). The number of Topliss-reactive ketones (excluding diaryl/α,β-unsaturated/α-hetero) is 1. The number of hydrogen-bond acceptors (Lipinski definition) is 5. The molecule has 1 aromatic carbocycles. The average Bonchev–Trinajstić information content (AvgIpc) is 2.99. The van der Waals surface area contributed by atoms with E-state index in [2.05, 4.69) is 12.1 Å². The van der Waals surface area contributed by atoms with Crippen molar-refractivity contribution >= 4 is 29.4 Å². The zero-order valence-corrected chi connectivity index (χ0v) is 16.6. The molecule has 0 N–H and O–H groups in total. The Morgan fingerprint density at radius 1 is 1.29 bits per heavy atom. The maximum Gasteiger partial charge on any atom is 0.419 e. The van der Waals surface area contributed by atoms with Gasteiger partial charge in [-0.05, 0) is 44.2 Å². The molecule has 0 aliphatic carbocycles. The number of fused-ring (bicyclic) bond motifs is 1. The van der Waals surface area contributed by atoms with E-state index >= 15 is 0 Å². The number of imide groups is 1. The smallest absolute Gasteiger partial charge is 0.417 e. The van der Waals surface area contributed by atoms with Crippen LogP contribution in [0, 0.1) is 0 Å². The van der Waals surface area contributed by atoms with Gasteiger partial charge >= 0.3 is 6.09 Å². The van der Waals surface area contributed by atoms with Crippen LogP contribution in [0.5, 0.6) is 0 Å². The number of unbranched alkanes of at least 4 members (excludes halogenated alkanes) is 2. The number of allylic oxidation sites excluding steroid dienone is 1. The molecule has 1 aromatic rings. The minimum Gasteiger partial charge on any atom is -0.417 e. The zero-order valence-electron chi connectivity index (χ0n) is 15.8. The van der Waals surface area contributed by atoms with Crippen molar-refractivity contribution < 1.29 is 23.9 Å². The Labute approximate surface area is 169 Å². The predicted octanol–water partition coefficient (Wildman–Crippen LogP) is 3.62.